The van der Waals surface area contributed by atoms with E-state index in [1.807, 2.05) is 24.3 Å². The van der Waals surface area contributed by atoms with Gasteiger partial charge in [-0.1, -0.05) is 12.1 Å². The first-order valence-electron chi connectivity index (χ1n) is 6.66. The van der Waals surface area contributed by atoms with Crippen LogP contribution in [0.15, 0.2) is 29.1 Å². The largest absolute Gasteiger partial charge is 0.330 e. The summed E-state index contributed by atoms with van der Waals surface area (Å²) in [6.07, 6.45) is 1.11. The zero-order valence-corrected chi connectivity index (χ0v) is 10.8. The number of nitrogens with two attached hydrogens (primary N) is 1. The molecule has 19 heavy (non-hydrogen) atoms. The molecule has 0 bridgehead atoms. The Hall–Kier alpha value is -1.72. The van der Waals surface area contributed by atoms with Crippen molar-refractivity contribution in [2.75, 3.05) is 19.6 Å². The molecular weight excluding hydrogens is 240 g/mol. The van der Waals surface area contributed by atoms with Gasteiger partial charge in [-0.25, -0.2) is 4.98 Å². The van der Waals surface area contributed by atoms with Crippen LogP contribution >= 0.6 is 0 Å². The van der Waals surface area contributed by atoms with Crippen LogP contribution in [-0.2, 0) is 6.54 Å². The highest BCUT2D eigenvalue weighted by Gasteiger charge is 2.22. The Labute approximate surface area is 111 Å². The fourth-order valence-electron chi connectivity index (χ4n) is 2.64. The molecule has 5 nitrogen and oxygen atoms in total. The molecular formula is C14H18N4O. The summed E-state index contributed by atoms with van der Waals surface area (Å²) in [6, 6.07) is 7.61. The number of likely N-dealkylation sites (tertiary alicyclic amines) is 1. The average Bonchev–Trinajstić information content (AvgIpc) is 2.87. The second kappa shape index (κ2) is 5.11. The second-order valence-corrected chi connectivity index (χ2v) is 5.16. The molecule has 2 aromatic rings. The Kier molecular flexibility index (Phi) is 3.31. The third-order valence-corrected chi connectivity index (χ3v) is 3.75. The van der Waals surface area contributed by atoms with Crippen molar-refractivity contribution in [1.29, 1.82) is 0 Å². The van der Waals surface area contributed by atoms with E-state index in [9.17, 15) is 4.79 Å². The van der Waals surface area contributed by atoms with Crippen LogP contribution in [0.2, 0.25) is 0 Å². The molecule has 3 N–H and O–H groups in total. The summed E-state index contributed by atoms with van der Waals surface area (Å²) in [5, 5.41) is 0. The zero-order chi connectivity index (χ0) is 13.2. The summed E-state index contributed by atoms with van der Waals surface area (Å²) in [4.78, 5) is 21.6. The number of benzene rings is 1. The first-order chi connectivity index (χ1) is 9.26. The minimum Gasteiger partial charge on any atom is -0.330 e. The van der Waals surface area contributed by atoms with Crippen LogP contribution in [0.5, 0.6) is 0 Å². The van der Waals surface area contributed by atoms with Gasteiger partial charge < -0.3 is 10.7 Å². The molecule has 1 saturated heterocycles. The Morgan fingerprint density at radius 1 is 1.42 bits per heavy atom. The van der Waals surface area contributed by atoms with Gasteiger partial charge in [0.1, 0.15) is 5.69 Å². The number of hydrogen-bond donors (Lipinski definition) is 2. The van der Waals surface area contributed by atoms with Crippen molar-refractivity contribution in [2.24, 2.45) is 11.7 Å². The molecule has 2 heterocycles. The molecule has 0 aliphatic carbocycles. The van der Waals surface area contributed by atoms with Gasteiger partial charge in [0.15, 0.2) is 0 Å². The van der Waals surface area contributed by atoms with Crippen molar-refractivity contribution in [3.63, 3.8) is 0 Å². The van der Waals surface area contributed by atoms with Gasteiger partial charge in [0.05, 0.1) is 11.0 Å². The predicted molar refractivity (Wildman–Crippen MR) is 74.8 cm³/mol. The van der Waals surface area contributed by atoms with E-state index in [4.69, 9.17) is 5.73 Å². The van der Waals surface area contributed by atoms with Crippen LogP contribution in [0.3, 0.4) is 0 Å². The van der Waals surface area contributed by atoms with Crippen molar-refractivity contribution in [1.82, 2.24) is 14.9 Å². The van der Waals surface area contributed by atoms with Gasteiger partial charge in [-0.15, -0.1) is 0 Å². The molecule has 0 saturated carbocycles. The summed E-state index contributed by atoms with van der Waals surface area (Å²) in [6.45, 7) is 3.29. The van der Waals surface area contributed by atoms with Crippen LogP contribution in [0.1, 0.15) is 12.1 Å². The van der Waals surface area contributed by atoms with E-state index in [-0.39, 0.29) is 5.56 Å². The molecule has 1 aliphatic heterocycles. The lowest BCUT2D eigenvalue weighted by Gasteiger charge is -2.14. The van der Waals surface area contributed by atoms with E-state index in [2.05, 4.69) is 14.9 Å². The number of nitrogens with one attached hydrogen (secondary N) is 1. The van der Waals surface area contributed by atoms with E-state index in [1.54, 1.807) is 0 Å². The molecule has 0 amide bonds. The van der Waals surface area contributed by atoms with Gasteiger partial charge in [0, 0.05) is 13.1 Å². The first-order valence-corrected chi connectivity index (χ1v) is 6.66. The SMILES string of the molecule is NCC1CCN(Cc2nc3ccccc3[nH]c2=O)C1. The molecule has 3 rings (SSSR count). The highest BCUT2D eigenvalue weighted by atomic mass is 16.1. The van der Waals surface area contributed by atoms with E-state index in [0.29, 0.717) is 18.2 Å². The molecule has 5 heteroatoms. The van der Waals surface area contributed by atoms with Crippen molar-refractivity contribution in [3.8, 4) is 0 Å². The van der Waals surface area contributed by atoms with Gasteiger partial charge in [-0.05, 0) is 37.6 Å². The van der Waals surface area contributed by atoms with E-state index in [1.165, 1.54) is 0 Å². The molecule has 1 unspecified atom stereocenters. The summed E-state index contributed by atoms with van der Waals surface area (Å²) >= 11 is 0. The minimum atomic E-state index is -0.0881. The van der Waals surface area contributed by atoms with Gasteiger partial charge >= 0.3 is 0 Å². The number of hydrogen-bond acceptors (Lipinski definition) is 4. The van der Waals surface area contributed by atoms with E-state index < -0.39 is 0 Å². The number of nitrogens with zero attached hydrogens (tertiary/aromatic N) is 2. The number of rotatable bonds is 3. The lowest BCUT2D eigenvalue weighted by atomic mass is 10.1. The monoisotopic (exact) mass is 258 g/mol. The van der Waals surface area contributed by atoms with Gasteiger partial charge in [-0.2, -0.15) is 0 Å². The van der Waals surface area contributed by atoms with Crippen molar-refractivity contribution in [3.05, 3.63) is 40.3 Å². The van der Waals surface area contributed by atoms with Crippen LogP contribution in [0, 0.1) is 5.92 Å². The smallest absolute Gasteiger partial charge is 0.271 e. The number of aromatic amines is 1. The minimum absolute atomic E-state index is 0.0881. The lowest BCUT2D eigenvalue weighted by molar-refractivity contribution is 0.313. The van der Waals surface area contributed by atoms with Gasteiger partial charge in [-0.3, -0.25) is 9.69 Å². The van der Waals surface area contributed by atoms with Crippen LogP contribution < -0.4 is 11.3 Å². The van der Waals surface area contributed by atoms with Crippen molar-refractivity contribution in [2.45, 2.75) is 13.0 Å². The second-order valence-electron chi connectivity index (χ2n) is 5.16. The standard InChI is InChI=1S/C14H18N4O/c15-7-10-5-6-18(8-10)9-13-14(19)17-12-4-2-1-3-11(12)16-13/h1-4,10H,5-9,15H2,(H,17,19). The highest BCUT2D eigenvalue weighted by Crippen LogP contribution is 2.16. The highest BCUT2D eigenvalue weighted by molar-refractivity contribution is 5.73. The Bertz CT molecular complexity index is 637. The van der Waals surface area contributed by atoms with Gasteiger partial charge in [0.2, 0.25) is 0 Å². The number of para-hydroxylation sites is 2. The zero-order valence-electron chi connectivity index (χ0n) is 10.8. The summed E-state index contributed by atoms with van der Waals surface area (Å²) < 4.78 is 0. The lowest BCUT2D eigenvalue weighted by Crippen LogP contribution is -2.27. The van der Waals surface area contributed by atoms with Crippen LogP contribution in [0.4, 0.5) is 0 Å². The molecule has 1 aromatic heterocycles. The van der Waals surface area contributed by atoms with E-state index in [0.717, 1.165) is 37.1 Å². The maximum Gasteiger partial charge on any atom is 0.271 e. The Morgan fingerprint density at radius 2 is 2.26 bits per heavy atom. The summed E-state index contributed by atoms with van der Waals surface area (Å²) in [5.41, 5.74) is 7.82. The summed E-state index contributed by atoms with van der Waals surface area (Å²) in [7, 11) is 0. The third-order valence-electron chi connectivity index (χ3n) is 3.75. The molecule has 0 radical (unpaired) electrons. The molecule has 0 spiro atoms. The molecule has 100 valence electrons. The normalized spacial score (nSPS) is 20.2. The first kappa shape index (κ1) is 12.3. The van der Waals surface area contributed by atoms with Crippen molar-refractivity contribution < 1.29 is 0 Å². The van der Waals surface area contributed by atoms with Crippen LogP contribution in [0.25, 0.3) is 11.0 Å². The summed E-state index contributed by atoms with van der Waals surface area (Å²) in [5.74, 6) is 0.555. The molecule has 1 atom stereocenters. The van der Waals surface area contributed by atoms with E-state index >= 15 is 0 Å². The number of H-pyrrole nitrogens is 1. The molecule has 1 fully saturated rings. The third kappa shape index (κ3) is 2.52. The van der Waals surface area contributed by atoms with Crippen LogP contribution in [-0.4, -0.2) is 34.5 Å². The molecule has 1 aromatic carbocycles. The average molecular weight is 258 g/mol. The Morgan fingerprint density at radius 3 is 3.05 bits per heavy atom. The number of aromatic nitrogens is 2. The quantitative estimate of drug-likeness (QED) is 0.850. The Balaban J connectivity index is 1.85. The maximum atomic E-state index is 12.0. The predicted octanol–water partition coefficient (Wildman–Crippen LogP) is 0.704. The fourth-order valence-corrected chi connectivity index (χ4v) is 2.64. The van der Waals surface area contributed by atoms with Gasteiger partial charge in [0.25, 0.3) is 5.56 Å². The maximum absolute atomic E-state index is 12.0. The topological polar surface area (TPSA) is 75.0 Å². The number of fused-ring (bicyclic) bond motifs is 1. The van der Waals surface area contributed by atoms with Crippen molar-refractivity contribution >= 4 is 11.0 Å². The fraction of sp³-hybridized carbons (Fsp3) is 0.429. The molecule has 1 aliphatic rings.